The summed E-state index contributed by atoms with van der Waals surface area (Å²) in [7, 11) is 0. The summed E-state index contributed by atoms with van der Waals surface area (Å²) in [6.45, 7) is 0. The number of amides is 4. The second kappa shape index (κ2) is 8.31. The zero-order valence-electron chi connectivity index (χ0n) is 16.4. The molecular weight excluding hydrogens is 467 g/mol. The zero-order chi connectivity index (χ0) is 23.9. The Hall–Kier alpha value is -3.74. The predicted molar refractivity (Wildman–Crippen MR) is 107 cm³/mol. The number of carbonyl (C=O) groups is 4. The first-order chi connectivity index (χ1) is 15.5. The maximum atomic E-state index is 12.9. The highest BCUT2D eigenvalue weighted by molar-refractivity contribution is 8.00. The van der Waals surface area contributed by atoms with Crippen LogP contribution < -0.4 is 14.8 Å². The van der Waals surface area contributed by atoms with Crippen molar-refractivity contribution in [3.8, 4) is 11.5 Å². The van der Waals surface area contributed by atoms with E-state index in [0.29, 0.717) is 11.9 Å². The molecule has 0 saturated carbocycles. The predicted octanol–water partition coefficient (Wildman–Crippen LogP) is 2.81. The number of nitrogens with zero attached hydrogens (tertiary/aromatic N) is 1. The number of aromatic hydroxyl groups is 1. The van der Waals surface area contributed by atoms with Gasteiger partial charge in [0.25, 0.3) is 11.8 Å². The van der Waals surface area contributed by atoms with E-state index in [1.807, 2.05) is 0 Å². The number of alkyl halides is 3. The minimum absolute atomic E-state index is 0.0287. The van der Waals surface area contributed by atoms with Gasteiger partial charge < -0.3 is 14.6 Å². The Morgan fingerprint density at radius 3 is 2.42 bits per heavy atom. The van der Waals surface area contributed by atoms with E-state index >= 15 is 0 Å². The lowest BCUT2D eigenvalue weighted by Gasteiger charge is -2.27. The fourth-order valence-electron chi connectivity index (χ4n) is 3.44. The molecule has 1 unspecified atom stereocenters. The number of rotatable bonds is 5. The van der Waals surface area contributed by atoms with Gasteiger partial charge in [-0.25, -0.2) is 0 Å². The number of ether oxygens (including phenoxy) is 1. The van der Waals surface area contributed by atoms with Crippen molar-refractivity contribution in [3.05, 3.63) is 47.5 Å². The fraction of sp³-hybridized carbons (Fsp3) is 0.200. The quantitative estimate of drug-likeness (QED) is 0.338. The molecule has 9 nitrogen and oxygen atoms in total. The van der Waals surface area contributed by atoms with Crippen molar-refractivity contribution in [1.82, 2.24) is 10.2 Å². The number of hydrogen-bond acceptors (Lipinski definition) is 8. The summed E-state index contributed by atoms with van der Waals surface area (Å²) in [5, 5.41) is 12.4. The van der Waals surface area contributed by atoms with Crippen molar-refractivity contribution in [3.63, 3.8) is 0 Å². The van der Waals surface area contributed by atoms with E-state index in [-0.39, 0.29) is 34.6 Å². The second-order valence-electron chi connectivity index (χ2n) is 7.06. The smallest absolute Gasteiger partial charge is 0.506 e. The van der Waals surface area contributed by atoms with E-state index in [1.165, 1.54) is 18.2 Å². The molecule has 2 aromatic rings. The molecular formula is C20H14F3N3O6S. The van der Waals surface area contributed by atoms with Crippen molar-refractivity contribution < 1.29 is 42.2 Å². The Bertz CT molecular complexity index is 1190. The van der Waals surface area contributed by atoms with E-state index in [1.54, 1.807) is 0 Å². The minimum Gasteiger partial charge on any atom is -0.506 e. The third kappa shape index (κ3) is 4.44. The highest BCUT2D eigenvalue weighted by Gasteiger charge is 2.45. The molecule has 0 spiro atoms. The average molecular weight is 481 g/mol. The van der Waals surface area contributed by atoms with Crippen LogP contribution in [0.2, 0.25) is 0 Å². The Morgan fingerprint density at radius 1 is 1.09 bits per heavy atom. The summed E-state index contributed by atoms with van der Waals surface area (Å²) in [6.07, 6.45) is -4.98. The van der Waals surface area contributed by atoms with Crippen LogP contribution in [0.3, 0.4) is 0 Å². The SMILES string of the molecule is O=C1CCC(N2C(=O)c3cc(O)c(NSc4ccccc4OC(F)(F)F)cc3C2=O)C(=O)N1. The molecule has 4 rings (SSSR count). The number of fused-ring (bicyclic) bond motifs is 1. The molecule has 0 aromatic heterocycles. The van der Waals surface area contributed by atoms with E-state index in [2.05, 4.69) is 14.8 Å². The lowest BCUT2D eigenvalue weighted by atomic mass is 10.0. The number of benzene rings is 2. The van der Waals surface area contributed by atoms with E-state index < -0.39 is 47.5 Å². The van der Waals surface area contributed by atoms with Crippen LogP contribution in [-0.2, 0) is 9.59 Å². The van der Waals surface area contributed by atoms with Gasteiger partial charge in [-0.1, -0.05) is 12.1 Å². The summed E-state index contributed by atoms with van der Waals surface area (Å²) in [5.41, 5.74) is -0.296. The standard InChI is InChI=1S/C20H14F3N3O6S/c21-20(22,23)32-14-3-1-2-4-15(14)33-25-11-7-9-10(8-13(11)27)19(31)26(18(9)30)12-5-6-16(28)24-17(12)29/h1-4,7-8,12,25,27H,5-6H2,(H,24,28,29). The van der Waals surface area contributed by atoms with Gasteiger partial charge in [-0.3, -0.25) is 29.4 Å². The number of para-hydroxylation sites is 1. The first kappa shape index (κ1) is 22.5. The molecule has 2 aliphatic rings. The van der Waals surface area contributed by atoms with Gasteiger partial charge in [0.05, 0.1) is 21.7 Å². The molecule has 2 aliphatic heterocycles. The number of carbonyl (C=O) groups excluding carboxylic acids is 4. The number of imide groups is 2. The van der Waals surface area contributed by atoms with Crippen LogP contribution in [0.1, 0.15) is 33.6 Å². The first-order valence-corrected chi connectivity index (χ1v) is 10.2. The average Bonchev–Trinajstić information content (AvgIpc) is 2.96. The Kier molecular flexibility index (Phi) is 5.66. The number of hydrogen-bond donors (Lipinski definition) is 3. The molecule has 2 heterocycles. The molecule has 13 heteroatoms. The van der Waals surface area contributed by atoms with Crippen molar-refractivity contribution in [2.24, 2.45) is 0 Å². The maximum absolute atomic E-state index is 12.9. The third-order valence-electron chi connectivity index (χ3n) is 4.90. The lowest BCUT2D eigenvalue weighted by Crippen LogP contribution is -2.54. The molecule has 1 fully saturated rings. The molecule has 3 N–H and O–H groups in total. The molecule has 2 aromatic carbocycles. The van der Waals surface area contributed by atoms with Crippen molar-refractivity contribution in [2.45, 2.75) is 30.1 Å². The van der Waals surface area contributed by atoms with Crippen LogP contribution in [0, 0.1) is 0 Å². The van der Waals surface area contributed by atoms with Crippen LogP contribution in [0.4, 0.5) is 18.9 Å². The fourth-order valence-corrected chi connectivity index (χ4v) is 4.18. The summed E-state index contributed by atoms with van der Waals surface area (Å²) in [4.78, 5) is 49.9. The van der Waals surface area contributed by atoms with Gasteiger partial charge in [0, 0.05) is 6.42 Å². The Balaban J connectivity index is 1.57. The third-order valence-corrected chi connectivity index (χ3v) is 5.78. The zero-order valence-corrected chi connectivity index (χ0v) is 17.2. The molecule has 33 heavy (non-hydrogen) atoms. The van der Waals surface area contributed by atoms with Crippen LogP contribution in [-0.4, -0.2) is 46.0 Å². The number of anilines is 1. The summed E-state index contributed by atoms with van der Waals surface area (Å²) < 4.78 is 44.4. The molecule has 1 saturated heterocycles. The van der Waals surface area contributed by atoms with Gasteiger partial charge in [0.15, 0.2) is 0 Å². The highest BCUT2D eigenvalue weighted by Crippen LogP contribution is 2.38. The number of nitrogens with one attached hydrogen (secondary N) is 2. The molecule has 172 valence electrons. The highest BCUT2D eigenvalue weighted by atomic mass is 32.2. The monoisotopic (exact) mass is 481 g/mol. The Labute approximate surface area is 188 Å². The summed E-state index contributed by atoms with van der Waals surface area (Å²) in [5.74, 6) is -3.80. The van der Waals surface area contributed by atoms with Gasteiger partial charge in [-0.05, 0) is 42.6 Å². The van der Waals surface area contributed by atoms with E-state index in [0.717, 1.165) is 23.1 Å². The van der Waals surface area contributed by atoms with Crippen LogP contribution >= 0.6 is 11.9 Å². The molecule has 0 radical (unpaired) electrons. The first-order valence-electron chi connectivity index (χ1n) is 9.41. The molecule has 4 amide bonds. The molecule has 0 bridgehead atoms. The summed E-state index contributed by atoms with van der Waals surface area (Å²) in [6, 6.07) is 6.32. The van der Waals surface area contributed by atoms with Crippen LogP contribution in [0.25, 0.3) is 0 Å². The topological polar surface area (TPSA) is 125 Å². The van der Waals surface area contributed by atoms with Crippen molar-refractivity contribution >= 4 is 41.3 Å². The normalized spacial score (nSPS) is 18.3. The van der Waals surface area contributed by atoms with Crippen LogP contribution in [0.5, 0.6) is 11.5 Å². The lowest BCUT2D eigenvalue weighted by molar-refractivity contribution is -0.275. The van der Waals surface area contributed by atoms with Crippen LogP contribution in [0.15, 0.2) is 41.3 Å². The van der Waals surface area contributed by atoms with Gasteiger partial charge in [0.1, 0.15) is 17.5 Å². The van der Waals surface area contributed by atoms with Gasteiger partial charge in [-0.2, -0.15) is 0 Å². The maximum Gasteiger partial charge on any atom is 0.573 e. The number of phenolic OH excluding ortho intramolecular Hbond substituents is 1. The van der Waals surface area contributed by atoms with Gasteiger partial charge in [0.2, 0.25) is 11.8 Å². The van der Waals surface area contributed by atoms with Crippen molar-refractivity contribution in [1.29, 1.82) is 0 Å². The van der Waals surface area contributed by atoms with E-state index in [4.69, 9.17) is 0 Å². The number of piperidine rings is 1. The second-order valence-corrected chi connectivity index (χ2v) is 7.91. The summed E-state index contributed by atoms with van der Waals surface area (Å²) >= 11 is 0.686. The molecule has 0 aliphatic carbocycles. The minimum atomic E-state index is -4.90. The van der Waals surface area contributed by atoms with Gasteiger partial charge in [-0.15, -0.1) is 13.2 Å². The number of halogens is 3. The Morgan fingerprint density at radius 2 is 1.76 bits per heavy atom. The van der Waals surface area contributed by atoms with Crippen molar-refractivity contribution in [2.75, 3.05) is 4.72 Å². The van der Waals surface area contributed by atoms with E-state index in [9.17, 15) is 37.5 Å². The number of phenols is 1. The van der Waals surface area contributed by atoms with Gasteiger partial charge >= 0.3 is 6.36 Å². The molecule has 1 atom stereocenters. The largest absolute Gasteiger partial charge is 0.573 e.